The summed E-state index contributed by atoms with van der Waals surface area (Å²) in [7, 11) is 1.27. The molecule has 0 aliphatic rings. The molecule has 6 nitrogen and oxygen atoms in total. The molecule has 19 heavy (non-hydrogen) atoms. The first-order chi connectivity index (χ1) is 8.99. The van der Waals surface area contributed by atoms with Crippen LogP contribution in [0.4, 0.5) is 0 Å². The second-order valence-corrected chi connectivity index (χ2v) is 5.17. The van der Waals surface area contributed by atoms with E-state index in [9.17, 15) is 9.59 Å². The van der Waals surface area contributed by atoms with E-state index in [-0.39, 0.29) is 12.5 Å². The van der Waals surface area contributed by atoms with Crippen LogP contribution in [0.15, 0.2) is 15.1 Å². The zero-order valence-corrected chi connectivity index (χ0v) is 13.6. The van der Waals surface area contributed by atoms with Crippen LogP contribution in [0.3, 0.4) is 0 Å². The lowest BCUT2D eigenvalue weighted by atomic mass is 10.3. The van der Waals surface area contributed by atoms with Gasteiger partial charge in [0, 0.05) is 6.61 Å². The van der Waals surface area contributed by atoms with Crippen LogP contribution in [0.25, 0.3) is 0 Å². The Morgan fingerprint density at radius 2 is 2.16 bits per heavy atom. The van der Waals surface area contributed by atoms with Crippen LogP contribution < -0.4 is 5.32 Å². The topological polar surface area (TPSA) is 80.4 Å². The molecule has 0 aliphatic carbocycles. The van der Waals surface area contributed by atoms with Crippen molar-refractivity contribution < 1.29 is 19.1 Å². The van der Waals surface area contributed by atoms with Crippen molar-refractivity contribution in [1.29, 1.82) is 0 Å². The summed E-state index contributed by atoms with van der Waals surface area (Å²) >= 11 is 6.51. The summed E-state index contributed by atoms with van der Waals surface area (Å²) < 4.78 is 11.2. The summed E-state index contributed by atoms with van der Waals surface area (Å²) in [6.07, 6.45) is -0.805. The van der Waals surface area contributed by atoms with Gasteiger partial charge < -0.3 is 19.8 Å². The number of rotatable bonds is 6. The van der Waals surface area contributed by atoms with Crippen molar-refractivity contribution in [2.45, 2.75) is 13.0 Å². The fraction of sp³-hybridized carbons (Fsp3) is 0.455. The maximum absolute atomic E-state index is 11.8. The van der Waals surface area contributed by atoms with Crippen LogP contribution in [-0.2, 0) is 14.3 Å². The van der Waals surface area contributed by atoms with E-state index >= 15 is 0 Å². The molecule has 0 aliphatic heterocycles. The summed E-state index contributed by atoms with van der Waals surface area (Å²) in [6, 6.07) is 1.63. The van der Waals surface area contributed by atoms with Gasteiger partial charge >= 0.3 is 5.97 Å². The summed E-state index contributed by atoms with van der Waals surface area (Å²) in [4.78, 5) is 26.1. The number of hydrogen-bond donors (Lipinski definition) is 2. The molecule has 1 atom stereocenters. The van der Waals surface area contributed by atoms with Gasteiger partial charge in [-0.05, 0) is 44.8 Å². The molecule has 0 spiro atoms. The monoisotopic (exact) mass is 396 g/mol. The van der Waals surface area contributed by atoms with Gasteiger partial charge in [0.15, 0.2) is 6.10 Å². The molecule has 1 aromatic heterocycles. The third-order valence-electron chi connectivity index (χ3n) is 2.25. The summed E-state index contributed by atoms with van der Waals surface area (Å²) in [5, 5.41) is 2.60. The minimum absolute atomic E-state index is 0.0492. The van der Waals surface area contributed by atoms with Crippen molar-refractivity contribution >= 4 is 43.7 Å². The van der Waals surface area contributed by atoms with Crippen LogP contribution >= 0.6 is 31.9 Å². The lowest BCUT2D eigenvalue weighted by Crippen LogP contribution is -2.39. The number of amides is 1. The lowest BCUT2D eigenvalue weighted by molar-refractivity contribution is -0.153. The lowest BCUT2D eigenvalue weighted by Gasteiger charge is -2.14. The molecule has 0 aromatic carbocycles. The molecule has 1 amide bonds. The molecule has 0 unspecified atom stereocenters. The quantitative estimate of drug-likeness (QED) is 0.718. The van der Waals surface area contributed by atoms with Crippen LogP contribution in [-0.4, -0.2) is 43.2 Å². The number of aromatic nitrogens is 1. The fourth-order valence-electron chi connectivity index (χ4n) is 1.35. The first kappa shape index (κ1) is 16.2. The SMILES string of the molecule is CCO[C@H](CNC(=O)c1cc(Br)c(Br)[nH]1)C(=O)OC. The summed E-state index contributed by atoms with van der Waals surface area (Å²) in [5.74, 6) is -0.851. The van der Waals surface area contributed by atoms with Crippen molar-refractivity contribution in [3.8, 4) is 0 Å². The van der Waals surface area contributed by atoms with E-state index in [1.165, 1.54) is 7.11 Å². The van der Waals surface area contributed by atoms with Gasteiger partial charge in [-0.3, -0.25) is 4.79 Å². The van der Waals surface area contributed by atoms with Crippen LogP contribution in [0, 0.1) is 0 Å². The van der Waals surface area contributed by atoms with E-state index in [1.807, 2.05) is 0 Å². The maximum atomic E-state index is 11.8. The average molecular weight is 398 g/mol. The predicted octanol–water partition coefficient (Wildman–Crippen LogP) is 1.85. The van der Waals surface area contributed by atoms with Gasteiger partial charge in [-0.15, -0.1) is 0 Å². The molecule has 106 valence electrons. The van der Waals surface area contributed by atoms with Crippen molar-refractivity contribution in [2.75, 3.05) is 20.3 Å². The molecule has 1 aromatic rings. The Bertz CT molecular complexity index is 442. The number of esters is 1. The number of hydrogen-bond acceptors (Lipinski definition) is 4. The van der Waals surface area contributed by atoms with Crippen molar-refractivity contribution in [3.05, 3.63) is 20.8 Å². The van der Waals surface area contributed by atoms with Gasteiger partial charge in [0.25, 0.3) is 5.91 Å². The molecule has 0 saturated heterocycles. The molecule has 1 heterocycles. The van der Waals surface area contributed by atoms with E-state index in [0.717, 1.165) is 4.47 Å². The number of H-pyrrole nitrogens is 1. The number of carbonyl (C=O) groups is 2. The molecule has 1 rings (SSSR count). The van der Waals surface area contributed by atoms with Crippen LogP contribution in [0.1, 0.15) is 17.4 Å². The Morgan fingerprint density at radius 1 is 1.47 bits per heavy atom. The fourth-order valence-corrected chi connectivity index (χ4v) is 2.01. The van der Waals surface area contributed by atoms with E-state index < -0.39 is 12.1 Å². The van der Waals surface area contributed by atoms with Gasteiger partial charge in [-0.1, -0.05) is 0 Å². The largest absolute Gasteiger partial charge is 0.467 e. The molecule has 0 saturated carbocycles. The molecular formula is C11H14Br2N2O4. The molecule has 2 N–H and O–H groups in total. The Hall–Kier alpha value is -0.860. The highest BCUT2D eigenvalue weighted by atomic mass is 79.9. The van der Waals surface area contributed by atoms with Gasteiger partial charge in [0.05, 0.1) is 22.7 Å². The minimum Gasteiger partial charge on any atom is -0.467 e. The number of halogens is 2. The van der Waals surface area contributed by atoms with Gasteiger partial charge in [-0.25, -0.2) is 4.79 Å². The zero-order valence-electron chi connectivity index (χ0n) is 10.5. The predicted molar refractivity (Wildman–Crippen MR) is 76.0 cm³/mol. The van der Waals surface area contributed by atoms with Gasteiger partial charge in [0.2, 0.25) is 0 Å². The highest BCUT2D eigenvalue weighted by Crippen LogP contribution is 2.22. The third-order valence-corrected chi connectivity index (χ3v) is 4.03. The smallest absolute Gasteiger partial charge is 0.336 e. The Morgan fingerprint density at radius 3 is 2.63 bits per heavy atom. The number of nitrogens with one attached hydrogen (secondary N) is 2. The van der Waals surface area contributed by atoms with Crippen LogP contribution in [0.2, 0.25) is 0 Å². The third kappa shape index (κ3) is 4.63. The zero-order chi connectivity index (χ0) is 14.4. The Balaban J connectivity index is 2.58. The average Bonchev–Trinajstić information content (AvgIpc) is 2.73. The molecule has 0 fully saturated rings. The van der Waals surface area contributed by atoms with E-state index in [4.69, 9.17) is 4.74 Å². The van der Waals surface area contributed by atoms with Gasteiger partial charge in [-0.2, -0.15) is 0 Å². The second kappa shape index (κ2) is 7.66. The van der Waals surface area contributed by atoms with Crippen molar-refractivity contribution in [1.82, 2.24) is 10.3 Å². The minimum atomic E-state index is -0.805. The molecular weight excluding hydrogens is 384 g/mol. The number of carbonyl (C=O) groups excluding carboxylic acids is 2. The van der Waals surface area contributed by atoms with E-state index in [1.54, 1.807) is 13.0 Å². The molecule has 0 bridgehead atoms. The van der Waals surface area contributed by atoms with Crippen molar-refractivity contribution in [3.63, 3.8) is 0 Å². The highest BCUT2D eigenvalue weighted by Gasteiger charge is 2.21. The number of methoxy groups -OCH3 is 1. The van der Waals surface area contributed by atoms with E-state index in [2.05, 4.69) is 46.9 Å². The maximum Gasteiger partial charge on any atom is 0.336 e. The van der Waals surface area contributed by atoms with Gasteiger partial charge in [0.1, 0.15) is 5.69 Å². The number of ether oxygens (including phenoxy) is 2. The van der Waals surface area contributed by atoms with E-state index in [0.29, 0.717) is 16.9 Å². The summed E-state index contributed by atoms with van der Waals surface area (Å²) in [6.45, 7) is 2.17. The number of aromatic amines is 1. The molecule has 8 heteroatoms. The van der Waals surface area contributed by atoms with Crippen LogP contribution in [0.5, 0.6) is 0 Å². The molecule has 0 radical (unpaired) electrons. The van der Waals surface area contributed by atoms with Crippen molar-refractivity contribution in [2.24, 2.45) is 0 Å². The summed E-state index contributed by atoms with van der Waals surface area (Å²) in [5.41, 5.74) is 0.374. The highest BCUT2D eigenvalue weighted by molar-refractivity contribution is 9.13. The first-order valence-electron chi connectivity index (χ1n) is 5.51. The first-order valence-corrected chi connectivity index (χ1v) is 7.09. The Labute approximate surface area is 127 Å². The second-order valence-electron chi connectivity index (χ2n) is 3.52. The normalized spacial score (nSPS) is 12.0. The standard InChI is InChI=1S/C11H14Br2N2O4/c1-3-19-8(11(17)18-2)5-14-10(16)7-4-6(12)9(13)15-7/h4,8,15H,3,5H2,1-2H3,(H,14,16)/t8-/m1/s1. The Kier molecular flexibility index (Phi) is 6.53.